The summed E-state index contributed by atoms with van der Waals surface area (Å²) < 4.78 is 49.5. The number of oxazole rings is 1. The molecule has 4 aromatic rings. The van der Waals surface area contributed by atoms with Gasteiger partial charge in [-0.15, -0.1) is 0 Å². The van der Waals surface area contributed by atoms with Crippen molar-refractivity contribution in [3.05, 3.63) is 76.8 Å². The van der Waals surface area contributed by atoms with Crippen molar-refractivity contribution in [2.75, 3.05) is 0 Å². The van der Waals surface area contributed by atoms with E-state index in [9.17, 15) is 23.1 Å². The van der Waals surface area contributed by atoms with Crippen LogP contribution in [0.15, 0.2) is 65.1 Å². The van der Waals surface area contributed by atoms with E-state index < -0.39 is 17.7 Å². The standard InChI is InChI=1S/C21H11ClF3NO4.C3H9N/c22-15-9-11(21(23,24)25)5-8-17(15)29-12-6-7-16-18(10-12)30-19(26-16)13-3-1-2-4-14(13)20(27)28;1-3(2)4/h1-10H,(H,27,28);3H,4H2,1-2H3. The van der Waals surface area contributed by atoms with Crippen LogP contribution in [0, 0.1) is 0 Å². The highest BCUT2D eigenvalue weighted by atomic mass is 35.5. The van der Waals surface area contributed by atoms with Crippen molar-refractivity contribution >= 4 is 28.7 Å². The van der Waals surface area contributed by atoms with Gasteiger partial charge in [0.15, 0.2) is 5.58 Å². The lowest BCUT2D eigenvalue weighted by molar-refractivity contribution is -0.407. The molecule has 34 heavy (non-hydrogen) atoms. The highest BCUT2D eigenvalue weighted by molar-refractivity contribution is 6.32. The van der Waals surface area contributed by atoms with Gasteiger partial charge in [0.25, 0.3) is 0 Å². The lowest BCUT2D eigenvalue weighted by atomic mass is 10.1. The molecule has 0 aliphatic carbocycles. The van der Waals surface area contributed by atoms with Crippen molar-refractivity contribution in [3.63, 3.8) is 0 Å². The smallest absolute Gasteiger partial charge is 0.416 e. The molecule has 0 aliphatic rings. The number of halogens is 4. The van der Waals surface area contributed by atoms with Crippen LogP contribution >= 0.6 is 11.6 Å². The van der Waals surface area contributed by atoms with Gasteiger partial charge in [0, 0.05) is 17.2 Å². The second-order valence-corrected chi connectivity index (χ2v) is 8.03. The van der Waals surface area contributed by atoms with Crippen LogP contribution in [0.2, 0.25) is 5.02 Å². The van der Waals surface area contributed by atoms with E-state index in [2.05, 4.69) is 24.6 Å². The molecule has 0 saturated heterocycles. The maximum atomic E-state index is 12.8. The Kier molecular flexibility index (Phi) is 7.48. The number of carbonyl (C=O) groups excluding carboxylic acids is 1. The summed E-state index contributed by atoms with van der Waals surface area (Å²) >= 11 is 5.91. The van der Waals surface area contributed by atoms with E-state index in [1.807, 2.05) is 0 Å². The van der Waals surface area contributed by atoms with Crippen LogP contribution in [-0.4, -0.2) is 17.0 Å². The summed E-state index contributed by atoms with van der Waals surface area (Å²) in [6.07, 6.45) is -4.51. The molecule has 0 fully saturated rings. The van der Waals surface area contributed by atoms with E-state index in [0.717, 1.165) is 18.2 Å². The zero-order chi connectivity index (χ0) is 25.0. The lowest BCUT2D eigenvalue weighted by Gasteiger charge is -2.11. The first-order valence-corrected chi connectivity index (χ1v) is 10.4. The first-order chi connectivity index (χ1) is 16.0. The second kappa shape index (κ2) is 10.1. The van der Waals surface area contributed by atoms with E-state index in [4.69, 9.17) is 20.8 Å². The molecule has 1 heterocycles. The number of ether oxygens (including phenoxy) is 1. The predicted octanol–water partition coefficient (Wildman–Crippen LogP) is 4.96. The third kappa shape index (κ3) is 6.06. The maximum absolute atomic E-state index is 12.8. The van der Waals surface area contributed by atoms with Gasteiger partial charge in [-0.3, -0.25) is 0 Å². The van der Waals surface area contributed by atoms with Gasteiger partial charge in [0.1, 0.15) is 17.0 Å². The number of quaternary nitrogens is 1. The Morgan fingerprint density at radius 2 is 1.79 bits per heavy atom. The summed E-state index contributed by atoms with van der Waals surface area (Å²) in [7, 11) is 0. The van der Waals surface area contributed by atoms with Crippen molar-refractivity contribution in [3.8, 4) is 23.0 Å². The van der Waals surface area contributed by atoms with Gasteiger partial charge in [-0.2, -0.15) is 13.2 Å². The average Bonchev–Trinajstić information content (AvgIpc) is 3.17. The van der Waals surface area contributed by atoms with Crippen molar-refractivity contribution in [1.82, 2.24) is 4.98 Å². The molecule has 178 valence electrons. The highest BCUT2D eigenvalue weighted by Gasteiger charge is 2.31. The number of alkyl halides is 3. The van der Waals surface area contributed by atoms with E-state index in [1.54, 1.807) is 18.2 Å². The molecule has 6 nitrogen and oxygen atoms in total. The van der Waals surface area contributed by atoms with E-state index in [1.165, 1.54) is 24.3 Å². The summed E-state index contributed by atoms with van der Waals surface area (Å²) in [5, 5.41) is 11.1. The van der Waals surface area contributed by atoms with Crippen LogP contribution in [-0.2, 0) is 6.18 Å². The topological polar surface area (TPSA) is 103 Å². The van der Waals surface area contributed by atoms with Crippen LogP contribution in [0.25, 0.3) is 22.6 Å². The largest absolute Gasteiger partial charge is 0.545 e. The molecule has 0 amide bonds. The molecule has 0 aliphatic heterocycles. The second-order valence-electron chi connectivity index (χ2n) is 7.62. The Bertz CT molecular complexity index is 1320. The number of aromatic carboxylic acids is 1. The van der Waals surface area contributed by atoms with Gasteiger partial charge in [0.2, 0.25) is 5.89 Å². The maximum Gasteiger partial charge on any atom is 0.416 e. The molecular weight excluding hydrogens is 473 g/mol. The fraction of sp³-hybridized carbons (Fsp3) is 0.167. The van der Waals surface area contributed by atoms with Crippen molar-refractivity contribution in [1.29, 1.82) is 0 Å². The molecule has 4 rings (SSSR count). The third-order valence-electron chi connectivity index (χ3n) is 4.22. The molecule has 0 atom stereocenters. The van der Waals surface area contributed by atoms with Crippen molar-refractivity contribution in [2.24, 2.45) is 0 Å². The number of aromatic nitrogens is 1. The van der Waals surface area contributed by atoms with Gasteiger partial charge < -0.3 is 24.8 Å². The minimum absolute atomic E-state index is 0.0334. The monoisotopic (exact) mass is 492 g/mol. The Morgan fingerprint density at radius 1 is 1.12 bits per heavy atom. The summed E-state index contributed by atoms with van der Waals surface area (Å²) in [5.74, 6) is -1.01. The quantitative estimate of drug-likeness (QED) is 0.433. The predicted molar refractivity (Wildman–Crippen MR) is 118 cm³/mol. The number of carbonyl (C=O) groups is 1. The molecule has 10 heteroatoms. The number of hydrogen-bond donors (Lipinski definition) is 1. The molecule has 0 unspecified atom stereocenters. The number of fused-ring (bicyclic) bond motifs is 1. The fourth-order valence-electron chi connectivity index (χ4n) is 2.82. The first-order valence-electron chi connectivity index (χ1n) is 10.0. The van der Waals surface area contributed by atoms with E-state index >= 15 is 0 Å². The SMILES string of the molecule is CC(C)[NH3+].O=C([O-])c1ccccc1-c1nc2ccc(Oc3ccc(C(F)(F)F)cc3Cl)cc2o1. The summed E-state index contributed by atoms with van der Waals surface area (Å²) in [6.45, 7) is 4.11. The number of nitrogens with zero attached hydrogens (tertiary/aromatic N) is 1. The molecular formula is C24H20ClF3N2O4. The Morgan fingerprint density at radius 3 is 2.41 bits per heavy atom. The summed E-state index contributed by atoms with van der Waals surface area (Å²) in [6, 6.07) is 14.0. The number of rotatable bonds is 4. The van der Waals surface area contributed by atoms with Crippen LogP contribution in [0.3, 0.4) is 0 Å². The van der Waals surface area contributed by atoms with Gasteiger partial charge in [-0.05, 0) is 50.2 Å². The van der Waals surface area contributed by atoms with Gasteiger partial charge >= 0.3 is 6.18 Å². The van der Waals surface area contributed by atoms with Crippen LogP contribution in [0.5, 0.6) is 11.5 Å². The molecule has 0 saturated carbocycles. The van der Waals surface area contributed by atoms with Gasteiger partial charge in [-0.1, -0.05) is 29.8 Å². The van der Waals surface area contributed by atoms with Crippen molar-refractivity contribution in [2.45, 2.75) is 26.1 Å². The molecule has 3 aromatic carbocycles. The highest BCUT2D eigenvalue weighted by Crippen LogP contribution is 2.37. The number of carboxylic acids is 1. The summed E-state index contributed by atoms with van der Waals surface area (Å²) in [4.78, 5) is 15.6. The Labute approximate surface area is 197 Å². The van der Waals surface area contributed by atoms with Crippen molar-refractivity contribution < 1.29 is 38.0 Å². The van der Waals surface area contributed by atoms with Gasteiger partial charge in [0.05, 0.1) is 22.6 Å². The minimum Gasteiger partial charge on any atom is -0.545 e. The molecule has 3 N–H and O–H groups in total. The fourth-order valence-corrected chi connectivity index (χ4v) is 3.04. The Hall–Kier alpha value is -3.56. The van der Waals surface area contributed by atoms with Crippen LogP contribution < -0.4 is 15.6 Å². The van der Waals surface area contributed by atoms with E-state index in [-0.39, 0.29) is 33.5 Å². The lowest BCUT2D eigenvalue weighted by Crippen LogP contribution is -2.57. The summed E-state index contributed by atoms with van der Waals surface area (Å²) in [5.41, 5.74) is 3.66. The average molecular weight is 493 g/mol. The molecule has 1 aromatic heterocycles. The number of hydrogen-bond acceptors (Lipinski definition) is 5. The zero-order valence-electron chi connectivity index (χ0n) is 18.2. The molecule has 0 radical (unpaired) electrons. The number of carboxylic acid groups (broad SMARTS) is 1. The molecule has 0 bridgehead atoms. The molecule has 0 spiro atoms. The van der Waals surface area contributed by atoms with Crippen LogP contribution in [0.4, 0.5) is 13.2 Å². The van der Waals surface area contributed by atoms with E-state index in [0.29, 0.717) is 17.1 Å². The zero-order valence-corrected chi connectivity index (χ0v) is 18.9. The van der Waals surface area contributed by atoms with Gasteiger partial charge in [-0.25, -0.2) is 4.98 Å². The Balaban J connectivity index is 0.000000751. The third-order valence-corrected chi connectivity index (χ3v) is 4.52. The first kappa shape index (κ1) is 25.1. The minimum atomic E-state index is -4.51. The van der Waals surface area contributed by atoms with Crippen LogP contribution in [0.1, 0.15) is 29.8 Å². The normalized spacial score (nSPS) is 11.3. The number of benzene rings is 3.